The van der Waals surface area contributed by atoms with E-state index in [2.05, 4.69) is 27.5 Å². The SMILES string of the molecule is Cc1ccc(OCC#CCNC(=O)Nc2ccccc2F)cn1. The van der Waals surface area contributed by atoms with Gasteiger partial charge in [-0.2, -0.15) is 0 Å². The van der Waals surface area contributed by atoms with Gasteiger partial charge in [-0.15, -0.1) is 0 Å². The number of urea groups is 1. The molecule has 23 heavy (non-hydrogen) atoms. The van der Waals surface area contributed by atoms with E-state index in [-0.39, 0.29) is 18.8 Å². The van der Waals surface area contributed by atoms with E-state index in [1.54, 1.807) is 18.3 Å². The standard InChI is InChI=1S/C17H16FN3O2/c1-13-8-9-14(12-20-13)23-11-5-4-10-19-17(22)21-16-7-3-2-6-15(16)18/h2-3,6-9,12H,10-11H2,1H3,(H2,19,21,22). The monoisotopic (exact) mass is 313 g/mol. The van der Waals surface area contributed by atoms with Crippen LogP contribution in [0.4, 0.5) is 14.9 Å². The predicted octanol–water partition coefficient (Wildman–Crippen LogP) is 2.73. The van der Waals surface area contributed by atoms with E-state index in [1.807, 2.05) is 19.1 Å². The molecule has 2 rings (SSSR count). The molecule has 1 heterocycles. The maximum absolute atomic E-state index is 13.3. The number of hydrogen-bond donors (Lipinski definition) is 2. The lowest BCUT2D eigenvalue weighted by molar-refractivity contribution is 0.253. The zero-order valence-corrected chi connectivity index (χ0v) is 12.6. The van der Waals surface area contributed by atoms with Gasteiger partial charge in [-0.1, -0.05) is 24.0 Å². The first-order chi connectivity index (χ1) is 11.1. The lowest BCUT2D eigenvalue weighted by Gasteiger charge is -2.05. The summed E-state index contributed by atoms with van der Waals surface area (Å²) in [7, 11) is 0. The molecule has 2 N–H and O–H groups in total. The average molecular weight is 313 g/mol. The third kappa shape index (κ3) is 5.67. The smallest absolute Gasteiger partial charge is 0.320 e. The molecule has 0 fully saturated rings. The van der Waals surface area contributed by atoms with E-state index in [9.17, 15) is 9.18 Å². The fraction of sp³-hybridized carbons (Fsp3) is 0.176. The second-order valence-electron chi connectivity index (χ2n) is 4.57. The largest absolute Gasteiger partial charge is 0.479 e. The van der Waals surface area contributed by atoms with Crippen LogP contribution in [-0.4, -0.2) is 24.2 Å². The van der Waals surface area contributed by atoms with E-state index in [0.29, 0.717) is 5.75 Å². The number of benzene rings is 1. The number of aryl methyl sites for hydroxylation is 1. The fourth-order valence-electron chi connectivity index (χ4n) is 1.63. The van der Waals surface area contributed by atoms with Gasteiger partial charge in [0, 0.05) is 5.69 Å². The first kappa shape index (κ1) is 16.3. The van der Waals surface area contributed by atoms with Crippen LogP contribution < -0.4 is 15.4 Å². The molecular formula is C17H16FN3O2. The van der Waals surface area contributed by atoms with Crippen molar-refractivity contribution < 1.29 is 13.9 Å². The van der Waals surface area contributed by atoms with E-state index in [0.717, 1.165) is 5.69 Å². The number of rotatable bonds is 4. The second kappa shape index (κ2) is 8.39. The average Bonchev–Trinajstić information content (AvgIpc) is 2.54. The number of ether oxygens (including phenoxy) is 1. The summed E-state index contributed by atoms with van der Waals surface area (Å²) in [4.78, 5) is 15.6. The van der Waals surface area contributed by atoms with E-state index in [4.69, 9.17) is 4.74 Å². The van der Waals surface area contributed by atoms with Crippen LogP contribution in [0.25, 0.3) is 0 Å². The van der Waals surface area contributed by atoms with Crippen LogP contribution >= 0.6 is 0 Å². The van der Waals surface area contributed by atoms with Crippen molar-refractivity contribution in [2.75, 3.05) is 18.5 Å². The third-order valence-corrected chi connectivity index (χ3v) is 2.78. The van der Waals surface area contributed by atoms with Crippen molar-refractivity contribution in [2.45, 2.75) is 6.92 Å². The Balaban J connectivity index is 1.68. The van der Waals surface area contributed by atoms with Gasteiger partial charge in [0.15, 0.2) is 0 Å². The molecule has 0 saturated carbocycles. The topological polar surface area (TPSA) is 63.2 Å². The Morgan fingerprint density at radius 1 is 1.26 bits per heavy atom. The van der Waals surface area contributed by atoms with Gasteiger partial charge in [-0.05, 0) is 31.2 Å². The van der Waals surface area contributed by atoms with Crippen molar-refractivity contribution >= 4 is 11.7 Å². The highest BCUT2D eigenvalue weighted by molar-refractivity contribution is 5.89. The highest BCUT2D eigenvalue weighted by atomic mass is 19.1. The van der Waals surface area contributed by atoms with Crippen LogP contribution in [-0.2, 0) is 0 Å². The Morgan fingerprint density at radius 3 is 2.83 bits per heavy atom. The Labute approximate surface area is 133 Å². The summed E-state index contributed by atoms with van der Waals surface area (Å²) in [6, 6.07) is 9.06. The maximum atomic E-state index is 13.3. The molecule has 2 amide bonds. The molecule has 118 valence electrons. The molecule has 0 spiro atoms. The van der Waals surface area contributed by atoms with Crippen LogP contribution in [0, 0.1) is 24.6 Å². The minimum Gasteiger partial charge on any atom is -0.479 e. The van der Waals surface area contributed by atoms with Crippen LogP contribution in [0.15, 0.2) is 42.6 Å². The number of nitrogens with zero attached hydrogens (tertiary/aromatic N) is 1. The highest BCUT2D eigenvalue weighted by Crippen LogP contribution is 2.11. The Bertz CT molecular complexity index is 721. The molecule has 0 bridgehead atoms. The molecule has 0 atom stereocenters. The number of aromatic nitrogens is 1. The zero-order valence-electron chi connectivity index (χ0n) is 12.6. The normalized spacial score (nSPS) is 9.48. The minimum atomic E-state index is -0.520. The maximum Gasteiger partial charge on any atom is 0.320 e. The van der Waals surface area contributed by atoms with Crippen molar-refractivity contribution in [3.05, 3.63) is 54.1 Å². The number of carbonyl (C=O) groups excluding carboxylic acids is 1. The molecule has 6 heteroatoms. The second-order valence-corrected chi connectivity index (χ2v) is 4.57. The summed E-state index contributed by atoms with van der Waals surface area (Å²) in [5, 5.41) is 4.91. The summed E-state index contributed by atoms with van der Waals surface area (Å²) in [6.45, 7) is 2.22. The van der Waals surface area contributed by atoms with Crippen LogP contribution in [0.5, 0.6) is 5.75 Å². The zero-order chi connectivity index (χ0) is 16.5. The van der Waals surface area contributed by atoms with Gasteiger partial charge >= 0.3 is 6.03 Å². The predicted molar refractivity (Wildman–Crippen MR) is 85.7 cm³/mol. The van der Waals surface area contributed by atoms with E-state index in [1.165, 1.54) is 12.1 Å². The van der Waals surface area contributed by atoms with Crippen molar-refractivity contribution in [3.8, 4) is 17.6 Å². The molecule has 0 aliphatic heterocycles. The van der Waals surface area contributed by atoms with Gasteiger partial charge in [-0.3, -0.25) is 4.98 Å². The number of pyridine rings is 1. The number of amides is 2. The summed E-state index contributed by atoms with van der Waals surface area (Å²) in [5.41, 5.74) is 1.03. The molecule has 1 aromatic heterocycles. The molecule has 0 aliphatic rings. The molecule has 0 saturated heterocycles. The summed E-state index contributed by atoms with van der Waals surface area (Å²) in [5.74, 6) is 5.64. The van der Waals surface area contributed by atoms with Gasteiger partial charge in [0.2, 0.25) is 0 Å². The van der Waals surface area contributed by atoms with Crippen molar-refractivity contribution in [3.63, 3.8) is 0 Å². The Kier molecular flexibility index (Phi) is 5.95. The third-order valence-electron chi connectivity index (χ3n) is 2.78. The number of carbonyl (C=O) groups is 1. The molecule has 0 unspecified atom stereocenters. The van der Waals surface area contributed by atoms with Crippen molar-refractivity contribution in [1.29, 1.82) is 0 Å². The van der Waals surface area contributed by atoms with Crippen LogP contribution in [0.3, 0.4) is 0 Å². The quantitative estimate of drug-likeness (QED) is 0.853. The number of para-hydroxylation sites is 1. The summed E-state index contributed by atoms with van der Waals surface area (Å²) >= 11 is 0. The molecule has 0 radical (unpaired) electrons. The van der Waals surface area contributed by atoms with Gasteiger partial charge in [0.25, 0.3) is 0 Å². The van der Waals surface area contributed by atoms with Gasteiger partial charge in [0.1, 0.15) is 18.2 Å². The Hall–Kier alpha value is -3.07. The Morgan fingerprint density at radius 2 is 2.09 bits per heavy atom. The first-order valence-corrected chi connectivity index (χ1v) is 6.96. The molecule has 0 aliphatic carbocycles. The number of anilines is 1. The number of hydrogen-bond acceptors (Lipinski definition) is 3. The number of nitrogens with one attached hydrogen (secondary N) is 2. The van der Waals surface area contributed by atoms with Crippen LogP contribution in [0.2, 0.25) is 0 Å². The first-order valence-electron chi connectivity index (χ1n) is 6.96. The lowest BCUT2D eigenvalue weighted by atomic mass is 10.3. The van der Waals surface area contributed by atoms with Gasteiger partial charge in [-0.25, -0.2) is 9.18 Å². The van der Waals surface area contributed by atoms with Crippen LogP contribution in [0.1, 0.15) is 5.69 Å². The molecule has 2 aromatic rings. The van der Waals surface area contributed by atoms with Crippen molar-refractivity contribution in [2.24, 2.45) is 0 Å². The molecule has 1 aromatic carbocycles. The van der Waals surface area contributed by atoms with Gasteiger partial charge in [0.05, 0.1) is 18.4 Å². The van der Waals surface area contributed by atoms with E-state index < -0.39 is 11.8 Å². The molecule has 5 nitrogen and oxygen atoms in total. The van der Waals surface area contributed by atoms with Gasteiger partial charge < -0.3 is 15.4 Å². The van der Waals surface area contributed by atoms with Crippen molar-refractivity contribution in [1.82, 2.24) is 10.3 Å². The fourth-order valence-corrected chi connectivity index (χ4v) is 1.63. The summed E-state index contributed by atoms with van der Waals surface area (Å²) in [6.07, 6.45) is 1.62. The lowest BCUT2D eigenvalue weighted by Crippen LogP contribution is -2.29. The highest BCUT2D eigenvalue weighted by Gasteiger charge is 2.03. The molecular weight excluding hydrogens is 297 g/mol. The summed E-state index contributed by atoms with van der Waals surface area (Å²) < 4.78 is 18.7. The van der Waals surface area contributed by atoms with E-state index >= 15 is 0 Å². The minimum absolute atomic E-state index is 0.119. The number of halogens is 1.